The Balaban J connectivity index is 2.12. The summed E-state index contributed by atoms with van der Waals surface area (Å²) >= 11 is 16.1. The molecule has 0 saturated heterocycles. The van der Waals surface area contributed by atoms with Crippen molar-refractivity contribution in [3.05, 3.63) is 56.0 Å². The van der Waals surface area contributed by atoms with Gasteiger partial charge in [0.05, 0.1) is 7.11 Å². The van der Waals surface area contributed by atoms with E-state index in [0.29, 0.717) is 28.1 Å². The van der Waals surface area contributed by atoms with Crippen LogP contribution < -0.4 is 14.8 Å². The smallest absolute Gasteiger partial charge is 0.167 e. The molecule has 0 aliphatic carbocycles. The van der Waals surface area contributed by atoms with Crippen molar-refractivity contribution in [2.24, 2.45) is 0 Å². The molecule has 0 fully saturated rings. The number of methoxy groups -OCH3 is 1. The molecule has 2 aromatic carbocycles. The van der Waals surface area contributed by atoms with Crippen molar-refractivity contribution >= 4 is 39.1 Å². The molecule has 2 aromatic rings. The second-order valence-corrected chi connectivity index (χ2v) is 7.68. The third-order valence-corrected chi connectivity index (χ3v) is 5.57. The molecule has 148 valence electrons. The lowest BCUT2D eigenvalue weighted by Gasteiger charge is -2.18. The molecule has 7 heteroatoms. The normalized spacial score (nSPS) is 10.9. The minimum absolute atomic E-state index is 0.240. The Hall–Kier alpha value is -0.980. The van der Waals surface area contributed by atoms with Gasteiger partial charge < -0.3 is 19.9 Å². The van der Waals surface area contributed by atoms with Crippen molar-refractivity contribution in [3.63, 3.8) is 0 Å². The number of rotatable bonds is 11. The third kappa shape index (κ3) is 6.54. The average molecular weight is 477 g/mol. The molecule has 0 saturated carbocycles. The molecule has 0 aromatic heterocycles. The Morgan fingerprint density at radius 2 is 1.78 bits per heavy atom. The lowest BCUT2D eigenvalue weighted by Crippen LogP contribution is -2.16. The molecule has 0 radical (unpaired) electrons. The van der Waals surface area contributed by atoms with Gasteiger partial charge in [0.2, 0.25) is 0 Å². The maximum Gasteiger partial charge on any atom is 0.167 e. The van der Waals surface area contributed by atoms with Crippen LogP contribution in [-0.2, 0) is 13.2 Å². The first-order valence-corrected chi connectivity index (χ1v) is 10.4. The van der Waals surface area contributed by atoms with Crippen LogP contribution in [0, 0.1) is 0 Å². The van der Waals surface area contributed by atoms with Gasteiger partial charge in [-0.3, -0.25) is 0 Å². The van der Waals surface area contributed by atoms with Crippen molar-refractivity contribution in [1.29, 1.82) is 0 Å². The van der Waals surface area contributed by atoms with E-state index in [-0.39, 0.29) is 13.2 Å². The van der Waals surface area contributed by atoms with Gasteiger partial charge >= 0.3 is 0 Å². The second-order valence-electron chi connectivity index (χ2n) is 6.01. The standard InChI is InChI=1S/C20H24BrCl2NO3/c1-26-19-9-8-16(21)14(12-24-10-3-2-4-11-25)20(19)27-13-15-17(22)6-5-7-18(15)23/h5-9,24-25H,2-4,10-13H2,1H3. The zero-order chi connectivity index (χ0) is 19.6. The number of halogens is 3. The highest BCUT2D eigenvalue weighted by atomic mass is 79.9. The first kappa shape index (κ1) is 22.3. The summed E-state index contributed by atoms with van der Waals surface area (Å²) in [5.74, 6) is 1.31. The molecule has 0 amide bonds. The van der Waals surface area contributed by atoms with Crippen molar-refractivity contribution in [2.45, 2.75) is 32.4 Å². The van der Waals surface area contributed by atoms with Crippen molar-refractivity contribution in [3.8, 4) is 11.5 Å². The van der Waals surface area contributed by atoms with E-state index in [1.54, 1.807) is 25.3 Å². The van der Waals surface area contributed by atoms with Crippen LogP contribution >= 0.6 is 39.1 Å². The Bertz CT molecular complexity index is 723. The van der Waals surface area contributed by atoms with E-state index >= 15 is 0 Å². The number of nitrogens with one attached hydrogen (secondary N) is 1. The summed E-state index contributed by atoms with van der Waals surface area (Å²) in [6.45, 7) is 1.97. The number of hydrogen-bond donors (Lipinski definition) is 2. The molecule has 0 atom stereocenters. The zero-order valence-corrected chi connectivity index (χ0v) is 18.3. The van der Waals surface area contributed by atoms with Gasteiger partial charge in [-0.05, 0) is 50.1 Å². The SMILES string of the molecule is COc1ccc(Br)c(CNCCCCCO)c1OCc1c(Cl)cccc1Cl. The van der Waals surface area contributed by atoms with Crippen LogP contribution in [0.5, 0.6) is 11.5 Å². The highest BCUT2D eigenvalue weighted by molar-refractivity contribution is 9.10. The second kappa shape index (κ2) is 11.8. The van der Waals surface area contributed by atoms with E-state index in [2.05, 4.69) is 21.2 Å². The number of benzene rings is 2. The highest BCUT2D eigenvalue weighted by Gasteiger charge is 2.16. The Morgan fingerprint density at radius 3 is 2.44 bits per heavy atom. The van der Waals surface area contributed by atoms with E-state index in [0.717, 1.165) is 41.4 Å². The van der Waals surface area contributed by atoms with Gasteiger partial charge in [-0.2, -0.15) is 0 Å². The molecule has 4 nitrogen and oxygen atoms in total. The largest absolute Gasteiger partial charge is 0.493 e. The number of aliphatic hydroxyl groups excluding tert-OH is 1. The number of aliphatic hydroxyl groups is 1. The quantitative estimate of drug-likeness (QED) is 0.414. The molecule has 0 bridgehead atoms. The monoisotopic (exact) mass is 475 g/mol. The minimum Gasteiger partial charge on any atom is -0.493 e. The van der Waals surface area contributed by atoms with Crippen molar-refractivity contribution < 1.29 is 14.6 Å². The van der Waals surface area contributed by atoms with Gasteiger partial charge in [0.1, 0.15) is 6.61 Å². The van der Waals surface area contributed by atoms with Gasteiger partial charge in [0.15, 0.2) is 11.5 Å². The predicted octanol–water partition coefficient (Wildman–Crippen LogP) is 5.60. The fourth-order valence-corrected chi connectivity index (χ4v) is 3.59. The molecule has 0 unspecified atom stereocenters. The average Bonchev–Trinajstić information content (AvgIpc) is 2.65. The number of hydrogen-bond acceptors (Lipinski definition) is 4. The Labute approximate surface area is 178 Å². The van der Waals surface area contributed by atoms with Crippen LogP contribution in [0.1, 0.15) is 30.4 Å². The molecule has 0 aliphatic rings. The molecule has 27 heavy (non-hydrogen) atoms. The Kier molecular flexibility index (Phi) is 9.73. The summed E-state index contributed by atoms with van der Waals surface area (Å²) in [5, 5.41) is 13.4. The van der Waals surface area contributed by atoms with E-state index in [1.807, 2.05) is 12.1 Å². The van der Waals surface area contributed by atoms with E-state index in [4.69, 9.17) is 37.8 Å². The topological polar surface area (TPSA) is 50.7 Å². The number of unbranched alkanes of at least 4 members (excludes halogenated alkanes) is 2. The maximum atomic E-state index is 8.85. The van der Waals surface area contributed by atoms with Crippen LogP contribution in [0.2, 0.25) is 10.0 Å². The van der Waals surface area contributed by atoms with E-state index < -0.39 is 0 Å². The van der Waals surface area contributed by atoms with Crippen LogP contribution in [0.25, 0.3) is 0 Å². The van der Waals surface area contributed by atoms with Crippen molar-refractivity contribution in [2.75, 3.05) is 20.3 Å². The molecule has 0 heterocycles. The van der Waals surface area contributed by atoms with Crippen LogP contribution in [-0.4, -0.2) is 25.4 Å². The summed E-state index contributed by atoms with van der Waals surface area (Å²) in [6.07, 6.45) is 2.84. The van der Waals surface area contributed by atoms with Crippen LogP contribution in [0.4, 0.5) is 0 Å². The van der Waals surface area contributed by atoms with Gasteiger partial charge in [0.25, 0.3) is 0 Å². The molecule has 0 aliphatic heterocycles. The number of ether oxygens (including phenoxy) is 2. The highest BCUT2D eigenvalue weighted by Crippen LogP contribution is 2.37. The lowest BCUT2D eigenvalue weighted by atomic mass is 10.1. The summed E-state index contributed by atoms with van der Waals surface area (Å²) < 4.78 is 12.5. The summed E-state index contributed by atoms with van der Waals surface area (Å²) in [7, 11) is 1.62. The van der Waals surface area contributed by atoms with Gasteiger partial charge in [0, 0.05) is 38.8 Å². The van der Waals surface area contributed by atoms with Crippen LogP contribution in [0.15, 0.2) is 34.8 Å². The molecule has 2 rings (SSSR count). The summed E-state index contributed by atoms with van der Waals surface area (Å²) in [5.41, 5.74) is 1.71. The predicted molar refractivity (Wildman–Crippen MR) is 114 cm³/mol. The first-order valence-electron chi connectivity index (χ1n) is 8.81. The van der Waals surface area contributed by atoms with E-state index in [1.165, 1.54) is 0 Å². The minimum atomic E-state index is 0.240. The molecule has 2 N–H and O–H groups in total. The van der Waals surface area contributed by atoms with Gasteiger partial charge in [-0.25, -0.2) is 0 Å². The van der Waals surface area contributed by atoms with Gasteiger partial charge in [-0.1, -0.05) is 45.2 Å². The third-order valence-electron chi connectivity index (χ3n) is 4.12. The van der Waals surface area contributed by atoms with E-state index in [9.17, 15) is 0 Å². The fraction of sp³-hybridized carbons (Fsp3) is 0.400. The molecule has 0 spiro atoms. The van der Waals surface area contributed by atoms with Crippen molar-refractivity contribution in [1.82, 2.24) is 5.32 Å². The van der Waals surface area contributed by atoms with Crippen LogP contribution in [0.3, 0.4) is 0 Å². The first-order chi connectivity index (χ1) is 13.1. The van der Waals surface area contributed by atoms with Gasteiger partial charge in [-0.15, -0.1) is 0 Å². The Morgan fingerprint density at radius 1 is 1.04 bits per heavy atom. The molecular formula is C20H24BrCl2NO3. The zero-order valence-electron chi connectivity index (χ0n) is 15.2. The maximum absolute atomic E-state index is 8.85. The summed E-state index contributed by atoms with van der Waals surface area (Å²) in [6, 6.07) is 9.19. The fourth-order valence-electron chi connectivity index (χ4n) is 2.63. The summed E-state index contributed by atoms with van der Waals surface area (Å²) in [4.78, 5) is 0. The lowest BCUT2D eigenvalue weighted by molar-refractivity contribution is 0.279. The molecular weight excluding hydrogens is 453 g/mol.